The number of hydrogen-bond donors (Lipinski definition) is 0. The summed E-state index contributed by atoms with van der Waals surface area (Å²) >= 11 is 0. The first-order chi connectivity index (χ1) is 7.73. The Balaban J connectivity index is 2.05. The van der Waals surface area contributed by atoms with E-state index in [1.165, 1.54) is 16.3 Å². The van der Waals surface area contributed by atoms with Crippen LogP contribution in [0.5, 0.6) is 0 Å². The molecule has 0 saturated heterocycles. The molecule has 0 heterocycles. The molecule has 16 heavy (non-hydrogen) atoms. The zero-order valence-electron chi connectivity index (χ0n) is 9.27. The van der Waals surface area contributed by atoms with E-state index in [0.29, 0.717) is 5.92 Å². The van der Waals surface area contributed by atoms with Crippen LogP contribution in [-0.4, -0.2) is 0 Å². The van der Waals surface area contributed by atoms with Crippen molar-refractivity contribution >= 4 is 10.8 Å². The van der Waals surface area contributed by atoms with Crippen molar-refractivity contribution in [1.29, 1.82) is 5.26 Å². The average molecular weight is 207 g/mol. The molecule has 3 rings (SSSR count). The quantitative estimate of drug-likeness (QED) is 0.696. The molecule has 2 atom stereocenters. The summed E-state index contributed by atoms with van der Waals surface area (Å²) in [5.74, 6) is 0.433. The normalized spacial score (nSPS) is 27.6. The van der Waals surface area contributed by atoms with Crippen LogP contribution in [-0.2, 0) is 0 Å². The lowest BCUT2D eigenvalue weighted by molar-refractivity contribution is 0.728. The molecule has 1 heteroatoms. The fourth-order valence-electron chi connectivity index (χ4n) is 2.40. The summed E-state index contributed by atoms with van der Waals surface area (Å²) in [6.45, 7) is 2.05. The largest absolute Gasteiger partial charge is 0.198 e. The summed E-state index contributed by atoms with van der Waals surface area (Å²) in [5, 5.41) is 11.6. The molecule has 0 spiro atoms. The third-order valence-corrected chi connectivity index (χ3v) is 3.67. The Morgan fingerprint density at radius 1 is 1.19 bits per heavy atom. The van der Waals surface area contributed by atoms with Crippen LogP contribution in [0.2, 0.25) is 0 Å². The maximum Gasteiger partial charge on any atom is 0.0693 e. The van der Waals surface area contributed by atoms with Crippen molar-refractivity contribution in [3.05, 3.63) is 48.0 Å². The molecule has 2 aromatic rings. The first-order valence-corrected chi connectivity index (χ1v) is 5.63. The van der Waals surface area contributed by atoms with Crippen LogP contribution in [0.3, 0.4) is 0 Å². The smallest absolute Gasteiger partial charge is 0.0693 e. The Hall–Kier alpha value is -1.81. The van der Waals surface area contributed by atoms with E-state index in [9.17, 15) is 0 Å². The molecule has 1 fully saturated rings. The highest BCUT2D eigenvalue weighted by Crippen LogP contribution is 2.58. The third-order valence-electron chi connectivity index (χ3n) is 3.67. The number of nitrogens with zero attached hydrogens (tertiary/aromatic N) is 1. The zero-order valence-corrected chi connectivity index (χ0v) is 9.27. The minimum atomic E-state index is -0.123. The van der Waals surface area contributed by atoms with Crippen LogP contribution in [0, 0.1) is 16.7 Å². The van der Waals surface area contributed by atoms with Gasteiger partial charge in [-0.25, -0.2) is 0 Å². The maximum atomic E-state index is 9.06. The van der Waals surface area contributed by atoms with Crippen molar-refractivity contribution < 1.29 is 0 Å². The van der Waals surface area contributed by atoms with E-state index < -0.39 is 0 Å². The summed E-state index contributed by atoms with van der Waals surface area (Å²) in [6.07, 6.45) is 1.00. The van der Waals surface area contributed by atoms with E-state index in [-0.39, 0.29) is 5.41 Å². The standard InChI is InChI=1S/C15H13N/c1-15(10-16)9-14(15)13-7-6-11-4-2-3-5-12(11)8-13/h2-8,14H,9H2,1H3. The number of fused-ring (bicyclic) bond motifs is 1. The average Bonchev–Trinajstić information content (AvgIpc) is 3.02. The molecular formula is C15H13N. The molecule has 2 aromatic carbocycles. The van der Waals surface area contributed by atoms with Crippen LogP contribution >= 0.6 is 0 Å². The molecule has 0 N–H and O–H groups in total. The number of nitriles is 1. The van der Waals surface area contributed by atoms with Gasteiger partial charge in [0.2, 0.25) is 0 Å². The van der Waals surface area contributed by atoms with Gasteiger partial charge in [0.25, 0.3) is 0 Å². The van der Waals surface area contributed by atoms with Gasteiger partial charge in [0.1, 0.15) is 0 Å². The molecule has 1 saturated carbocycles. The van der Waals surface area contributed by atoms with Crippen molar-refractivity contribution in [2.75, 3.05) is 0 Å². The summed E-state index contributed by atoms with van der Waals surface area (Å²) in [4.78, 5) is 0. The SMILES string of the molecule is CC1(C#N)CC1c1ccc2ccccc2c1. The first-order valence-electron chi connectivity index (χ1n) is 5.63. The van der Waals surface area contributed by atoms with E-state index in [0.717, 1.165) is 6.42 Å². The number of benzene rings is 2. The van der Waals surface area contributed by atoms with Crippen LogP contribution < -0.4 is 0 Å². The molecule has 78 valence electrons. The molecule has 0 amide bonds. The van der Waals surface area contributed by atoms with Gasteiger partial charge in [0, 0.05) is 5.92 Å². The summed E-state index contributed by atoms with van der Waals surface area (Å²) in [7, 11) is 0. The summed E-state index contributed by atoms with van der Waals surface area (Å²) in [6, 6.07) is 17.3. The first kappa shape index (κ1) is 9.42. The molecule has 0 aromatic heterocycles. The molecule has 1 nitrogen and oxygen atoms in total. The van der Waals surface area contributed by atoms with Crippen LogP contribution in [0.4, 0.5) is 0 Å². The van der Waals surface area contributed by atoms with Gasteiger partial charge in [0.05, 0.1) is 11.5 Å². The highest BCUT2D eigenvalue weighted by Gasteiger charge is 2.51. The maximum absolute atomic E-state index is 9.06. The van der Waals surface area contributed by atoms with Gasteiger partial charge in [-0.05, 0) is 29.7 Å². The lowest BCUT2D eigenvalue weighted by Gasteiger charge is -2.04. The highest BCUT2D eigenvalue weighted by atomic mass is 14.5. The number of rotatable bonds is 1. The van der Waals surface area contributed by atoms with Crippen molar-refractivity contribution in [2.24, 2.45) is 5.41 Å². The van der Waals surface area contributed by atoms with Crippen molar-refractivity contribution in [3.8, 4) is 6.07 Å². The van der Waals surface area contributed by atoms with E-state index in [1.807, 2.05) is 6.92 Å². The summed E-state index contributed by atoms with van der Waals surface area (Å²) < 4.78 is 0. The zero-order chi connectivity index (χ0) is 11.2. The van der Waals surface area contributed by atoms with E-state index in [2.05, 4.69) is 48.5 Å². The molecule has 2 unspecified atom stereocenters. The topological polar surface area (TPSA) is 23.8 Å². The van der Waals surface area contributed by atoms with Crippen LogP contribution in [0.25, 0.3) is 10.8 Å². The fourth-order valence-corrected chi connectivity index (χ4v) is 2.40. The third kappa shape index (κ3) is 1.31. The predicted octanol–water partition coefficient (Wildman–Crippen LogP) is 3.86. The number of hydrogen-bond acceptors (Lipinski definition) is 1. The van der Waals surface area contributed by atoms with Gasteiger partial charge >= 0.3 is 0 Å². The minimum Gasteiger partial charge on any atom is -0.198 e. The Morgan fingerprint density at radius 3 is 2.62 bits per heavy atom. The summed E-state index contributed by atoms with van der Waals surface area (Å²) in [5.41, 5.74) is 1.19. The Kier molecular flexibility index (Phi) is 1.82. The second-order valence-corrected chi connectivity index (χ2v) is 4.89. The molecule has 1 aliphatic rings. The highest BCUT2D eigenvalue weighted by molar-refractivity contribution is 5.83. The lowest BCUT2D eigenvalue weighted by Crippen LogP contribution is -1.92. The van der Waals surface area contributed by atoms with Gasteiger partial charge in [-0.1, -0.05) is 42.5 Å². The van der Waals surface area contributed by atoms with Crippen LogP contribution in [0.1, 0.15) is 24.8 Å². The Labute approximate surface area is 95.3 Å². The van der Waals surface area contributed by atoms with Gasteiger partial charge < -0.3 is 0 Å². The fraction of sp³-hybridized carbons (Fsp3) is 0.267. The Bertz CT molecular complexity index is 594. The van der Waals surface area contributed by atoms with Gasteiger partial charge in [-0.3, -0.25) is 0 Å². The van der Waals surface area contributed by atoms with Crippen molar-refractivity contribution in [3.63, 3.8) is 0 Å². The van der Waals surface area contributed by atoms with Gasteiger partial charge in [-0.15, -0.1) is 0 Å². The monoisotopic (exact) mass is 207 g/mol. The van der Waals surface area contributed by atoms with E-state index in [4.69, 9.17) is 5.26 Å². The van der Waals surface area contributed by atoms with E-state index in [1.54, 1.807) is 0 Å². The predicted molar refractivity (Wildman–Crippen MR) is 65.0 cm³/mol. The second kappa shape index (κ2) is 3.09. The van der Waals surface area contributed by atoms with E-state index >= 15 is 0 Å². The van der Waals surface area contributed by atoms with Gasteiger partial charge in [0.15, 0.2) is 0 Å². The second-order valence-electron chi connectivity index (χ2n) is 4.89. The molecule has 0 radical (unpaired) electrons. The van der Waals surface area contributed by atoms with Gasteiger partial charge in [-0.2, -0.15) is 5.26 Å². The molecule has 0 aliphatic heterocycles. The van der Waals surface area contributed by atoms with Crippen molar-refractivity contribution in [1.82, 2.24) is 0 Å². The van der Waals surface area contributed by atoms with Crippen molar-refractivity contribution in [2.45, 2.75) is 19.3 Å². The Morgan fingerprint density at radius 2 is 1.94 bits per heavy atom. The molecule has 0 bridgehead atoms. The molecule has 1 aliphatic carbocycles. The molecular weight excluding hydrogens is 194 g/mol. The van der Waals surface area contributed by atoms with Crippen LogP contribution in [0.15, 0.2) is 42.5 Å². The minimum absolute atomic E-state index is 0.123. The lowest BCUT2D eigenvalue weighted by atomic mass is 9.99.